The average molecular weight is 476 g/mol. The van der Waals surface area contributed by atoms with Crippen LogP contribution in [-0.2, 0) is 11.2 Å². The monoisotopic (exact) mass is 475 g/mol. The number of alkyl halides is 1. The predicted octanol–water partition coefficient (Wildman–Crippen LogP) is 5.00. The second-order valence-electron chi connectivity index (χ2n) is 9.23. The Balaban J connectivity index is 1.77. The molecule has 0 bridgehead atoms. The van der Waals surface area contributed by atoms with Gasteiger partial charge >= 0.3 is 6.09 Å². The highest BCUT2D eigenvalue weighted by Crippen LogP contribution is 2.43. The van der Waals surface area contributed by atoms with Crippen LogP contribution in [-0.4, -0.2) is 47.4 Å². The molecule has 3 N–H and O–H groups in total. The van der Waals surface area contributed by atoms with E-state index in [-0.39, 0.29) is 37.1 Å². The summed E-state index contributed by atoms with van der Waals surface area (Å²) < 4.78 is 55.6. The fraction of sp³-hybridized carbons (Fsp3) is 0.400. The van der Waals surface area contributed by atoms with Gasteiger partial charge in [0.2, 0.25) is 0 Å². The van der Waals surface area contributed by atoms with Gasteiger partial charge in [-0.2, -0.15) is 0 Å². The summed E-state index contributed by atoms with van der Waals surface area (Å²) in [5.74, 6) is -1.67. The smallest absolute Gasteiger partial charge is 0.404 e. The molecular weight excluding hydrogens is 447 g/mol. The third-order valence-corrected chi connectivity index (χ3v) is 6.00. The molecule has 0 unspecified atom stereocenters. The maximum atomic E-state index is 15.5. The minimum Gasteiger partial charge on any atom is -0.490 e. The predicted molar refractivity (Wildman–Crippen MR) is 123 cm³/mol. The lowest BCUT2D eigenvalue weighted by molar-refractivity contribution is 0.0642. The van der Waals surface area contributed by atoms with Gasteiger partial charge in [-0.25, -0.2) is 18.0 Å². The zero-order valence-corrected chi connectivity index (χ0v) is 19.3. The number of benzene rings is 2. The molecule has 0 saturated carbocycles. The number of amides is 1. The Hall–Kier alpha value is -3.20. The largest absolute Gasteiger partial charge is 0.490 e. The molecule has 0 aliphatic carbocycles. The second kappa shape index (κ2) is 9.21. The first kappa shape index (κ1) is 23.9. The molecule has 9 heteroatoms. The molecule has 2 aromatic carbocycles. The van der Waals surface area contributed by atoms with Crippen molar-refractivity contribution in [3.05, 3.63) is 64.9 Å². The molecule has 0 radical (unpaired) electrons. The van der Waals surface area contributed by atoms with E-state index in [1.54, 1.807) is 4.90 Å². The van der Waals surface area contributed by atoms with Crippen LogP contribution in [0.1, 0.15) is 43.6 Å². The van der Waals surface area contributed by atoms with Crippen LogP contribution in [0.5, 0.6) is 5.75 Å². The zero-order valence-electron chi connectivity index (χ0n) is 19.3. The van der Waals surface area contributed by atoms with E-state index in [4.69, 9.17) is 10.5 Å². The Bertz CT molecular complexity index is 1180. The normalized spacial score (nSPS) is 18.6. The highest BCUT2D eigenvalue weighted by molar-refractivity contribution is 5.85. The van der Waals surface area contributed by atoms with Crippen LogP contribution in [0.2, 0.25) is 0 Å². The SMILES string of the molecule is C[C@@H]1Cc2c([nH]c3ccccc23)[C@@H](c2c(F)cc(OCCOC(N)=O)cc2F)N1CC(C)(C)F. The summed E-state index contributed by atoms with van der Waals surface area (Å²) in [4.78, 5) is 15.8. The highest BCUT2D eigenvalue weighted by Gasteiger charge is 2.41. The van der Waals surface area contributed by atoms with Gasteiger partial charge < -0.3 is 20.2 Å². The number of carbonyl (C=O) groups excluding carboxylic acids is 1. The summed E-state index contributed by atoms with van der Waals surface area (Å²) in [6.45, 7) is 4.57. The van der Waals surface area contributed by atoms with Crippen molar-refractivity contribution in [3.8, 4) is 5.75 Å². The van der Waals surface area contributed by atoms with E-state index in [1.165, 1.54) is 13.8 Å². The average Bonchev–Trinajstić information content (AvgIpc) is 3.10. The van der Waals surface area contributed by atoms with Gasteiger partial charge in [0.15, 0.2) is 0 Å². The van der Waals surface area contributed by atoms with E-state index in [2.05, 4.69) is 9.72 Å². The molecule has 0 spiro atoms. The number of hydrogen-bond acceptors (Lipinski definition) is 4. The van der Waals surface area contributed by atoms with Crippen LogP contribution < -0.4 is 10.5 Å². The third-order valence-electron chi connectivity index (χ3n) is 6.00. The minimum absolute atomic E-state index is 0.00474. The van der Waals surface area contributed by atoms with E-state index in [0.29, 0.717) is 12.1 Å². The molecule has 182 valence electrons. The number of aromatic nitrogens is 1. The fourth-order valence-electron chi connectivity index (χ4n) is 4.71. The van der Waals surface area contributed by atoms with Gasteiger partial charge in [-0.05, 0) is 38.8 Å². The standard InChI is InChI=1S/C25H28F3N3O3/c1-14-10-17-16-6-4-5-7-20(16)30-22(17)23(31(14)13-25(2,3)28)21-18(26)11-15(12-19(21)27)33-8-9-34-24(29)32/h4-7,11-12,14,23,30H,8-10,13H2,1-3H3,(H2,29,32)/t14-,23-/m1/s1. The van der Waals surface area contributed by atoms with Gasteiger partial charge in [0.1, 0.15) is 36.3 Å². The first-order chi connectivity index (χ1) is 16.0. The lowest BCUT2D eigenvalue weighted by atomic mass is 9.87. The van der Waals surface area contributed by atoms with Gasteiger partial charge in [0.05, 0.1) is 6.04 Å². The molecule has 2 atom stereocenters. The number of aromatic amines is 1. The minimum atomic E-state index is -1.58. The number of para-hydroxylation sites is 1. The van der Waals surface area contributed by atoms with Gasteiger partial charge in [0.25, 0.3) is 0 Å². The van der Waals surface area contributed by atoms with Crippen molar-refractivity contribution in [1.29, 1.82) is 0 Å². The van der Waals surface area contributed by atoms with E-state index >= 15 is 8.78 Å². The summed E-state index contributed by atoms with van der Waals surface area (Å²) in [5.41, 5.74) is 5.63. The molecule has 4 rings (SSSR count). The number of ether oxygens (including phenoxy) is 2. The van der Waals surface area contributed by atoms with Crippen molar-refractivity contribution < 1.29 is 27.4 Å². The first-order valence-electron chi connectivity index (χ1n) is 11.1. The molecule has 34 heavy (non-hydrogen) atoms. The number of H-pyrrole nitrogens is 1. The molecule has 0 saturated heterocycles. The molecule has 1 amide bonds. The van der Waals surface area contributed by atoms with Crippen LogP contribution in [0.3, 0.4) is 0 Å². The number of primary amides is 1. The highest BCUT2D eigenvalue weighted by atomic mass is 19.1. The molecule has 2 heterocycles. The Labute approximate surface area is 195 Å². The number of nitrogens with two attached hydrogens (primary N) is 1. The summed E-state index contributed by atoms with van der Waals surface area (Å²) in [6.07, 6.45) is -0.344. The number of nitrogens with one attached hydrogen (secondary N) is 1. The number of rotatable bonds is 7. The molecule has 6 nitrogen and oxygen atoms in total. The fourth-order valence-corrected chi connectivity index (χ4v) is 4.71. The summed E-state index contributed by atoms with van der Waals surface area (Å²) in [5, 5.41) is 0.990. The van der Waals surface area contributed by atoms with Crippen LogP contribution in [0.15, 0.2) is 36.4 Å². The van der Waals surface area contributed by atoms with Crippen molar-refractivity contribution in [3.63, 3.8) is 0 Å². The third kappa shape index (κ3) is 4.84. The number of carbonyl (C=O) groups is 1. The van der Waals surface area contributed by atoms with Crippen molar-refractivity contribution in [2.24, 2.45) is 5.73 Å². The van der Waals surface area contributed by atoms with Crippen LogP contribution in [0.25, 0.3) is 10.9 Å². The maximum Gasteiger partial charge on any atom is 0.404 e. The van der Waals surface area contributed by atoms with Crippen LogP contribution >= 0.6 is 0 Å². The topological polar surface area (TPSA) is 80.6 Å². The molecule has 0 fully saturated rings. The Morgan fingerprint density at radius 3 is 2.53 bits per heavy atom. The Morgan fingerprint density at radius 2 is 1.88 bits per heavy atom. The Kier molecular flexibility index (Phi) is 6.49. The number of nitrogens with zero attached hydrogens (tertiary/aromatic N) is 1. The number of fused-ring (bicyclic) bond motifs is 3. The van der Waals surface area contributed by atoms with Gasteiger partial charge in [-0.3, -0.25) is 4.90 Å². The summed E-state index contributed by atoms with van der Waals surface area (Å²) in [6, 6.07) is 8.85. The summed E-state index contributed by atoms with van der Waals surface area (Å²) in [7, 11) is 0. The van der Waals surface area contributed by atoms with E-state index in [1.807, 2.05) is 31.2 Å². The zero-order chi connectivity index (χ0) is 24.6. The van der Waals surface area contributed by atoms with Gasteiger partial charge in [0, 0.05) is 46.9 Å². The van der Waals surface area contributed by atoms with Crippen LogP contribution in [0, 0.1) is 11.6 Å². The van der Waals surface area contributed by atoms with E-state index in [9.17, 15) is 9.18 Å². The van der Waals surface area contributed by atoms with Crippen molar-refractivity contribution >= 4 is 17.0 Å². The van der Waals surface area contributed by atoms with E-state index < -0.39 is 29.4 Å². The van der Waals surface area contributed by atoms with Gasteiger partial charge in [-0.15, -0.1) is 0 Å². The quantitative estimate of drug-likeness (QED) is 0.471. The van der Waals surface area contributed by atoms with Gasteiger partial charge in [-0.1, -0.05) is 18.2 Å². The second-order valence-corrected chi connectivity index (χ2v) is 9.23. The molecule has 1 aliphatic rings. The van der Waals surface area contributed by atoms with Crippen molar-refractivity contribution in [2.75, 3.05) is 19.8 Å². The lowest BCUT2D eigenvalue weighted by Crippen LogP contribution is -2.48. The molecule has 1 aromatic heterocycles. The van der Waals surface area contributed by atoms with Crippen molar-refractivity contribution in [1.82, 2.24) is 9.88 Å². The number of halogens is 3. The molecular formula is C25H28F3N3O3. The first-order valence-corrected chi connectivity index (χ1v) is 11.1. The Morgan fingerprint density at radius 1 is 1.21 bits per heavy atom. The maximum absolute atomic E-state index is 15.5. The van der Waals surface area contributed by atoms with Crippen molar-refractivity contribution in [2.45, 2.75) is 44.9 Å². The molecule has 3 aromatic rings. The summed E-state index contributed by atoms with van der Waals surface area (Å²) >= 11 is 0. The lowest BCUT2D eigenvalue weighted by Gasteiger charge is -2.43. The van der Waals surface area contributed by atoms with E-state index in [0.717, 1.165) is 28.6 Å². The van der Waals surface area contributed by atoms with Crippen LogP contribution in [0.4, 0.5) is 18.0 Å². The number of hydrogen-bond donors (Lipinski definition) is 2. The molecule has 1 aliphatic heterocycles.